The normalized spacial score (nSPS) is 24.4. The number of methoxy groups -OCH3 is 1. The fraction of sp³-hybridized carbons (Fsp3) is 0.600. The van der Waals surface area contributed by atoms with Gasteiger partial charge in [0.05, 0.1) is 11.6 Å². The molecular formula is C15H23BrN2O. The Morgan fingerprint density at radius 3 is 2.89 bits per heavy atom. The maximum atomic E-state index is 5.91. The lowest BCUT2D eigenvalue weighted by Gasteiger charge is -2.38. The van der Waals surface area contributed by atoms with Gasteiger partial charge in [-0.2, -0.15) is 0 Å². The lowest BCUT2D eigenvalue weighted by atomic mass is 9.92. The van der Waals surface area contributed by atoms with Crippen LogP contribution in [0.5, 0.6) is 5.75 Å². The molecule has 1 aromatic carbocycles. The molecule has 1 fully saturated rings. The van der Waals surface area contributed by atoms with E-state index < -0.39 is 0 Å². The minimum absolute atomic E-state index is 0.518. The molecule has 1 aliphatic rings. The van der Waals surface area contributed by atoms with Crippen molar-refractivity contribution >= 4 is 15.9 Å². The molecule has 0 radical (unpaired) electrons. The molecule has 106 valence electrons. The molecule has 2 atom stereocenters. The van der Waals surface area contributed by atoms with Gasteiger partial charge in [0.15, 0.2) is 0 Å². The zero-order chi connectivity index (χ0) is 13.8. The molecular weight excluding hydrogens is 304 g/mol. The van der Waals surface area contributed by atoms with Crippen LogP contribution in [0.2, 0.25) is 0 Å². The monoisotopic (exact) mass is 326 g/mol. The molecule has 3 nitrogen and oxygen atoms in total. The van der Waals surface area contributed by atoms with Gasteiger partial charge in [0, 0.05) is 19.1 Å². The van der Waals surface area contributed by atoms with Gasteiger partial charge < -0.3 is 10.5 Å². The molecule has 2 unspecified atom stereocenters. The summed E-state index contributed by atoms with van der Waals surface area (Å²) >= 11 is 3.55. The second-order valence-corrected chi connectivity index (χ2v) is 6.31. The second-order valence-electron chi connectivity index (χ2n) is 5.46. The summed E-state index contributed by atoms with van der Waals surface area (Å²) in [6.45, 7) is 5.19. The highest BCUT2D eigenvalue weighted by Crippen LogP contribution is 2.28. The first kappa shape index (κ1) is 14.8. The molecule has 1 heterocycles. The number of nitrogens with two attached hydrogens (primary N) is 1. The fourth-order valence-corrected chi connectivity index (χ4v) is 3.38. The third-order valence-electron chi connectivity index (χ3n) is 3.97. The molecule has 2 rings (SSSR count). The number of benzene rings is 1. The number of halogens is 1. The van der Waals surface area contributed by atoms with Crippen LogP contribution in [0.3, 0.4) is 0 Å². The standard InChI is InChI=1S/C15H23BrN2O/c1-11-5-6-18(13(7-11)9-17)10-12-3-4-15(19-2)14(16)8-12/h3-4,8,11,13H,5-7,9-10,17H2,1-2H3. The van der Waals surface area contributed by atoms with Crippen molar-refractivity contribution in [2.24, 2.45) is 11.7 Å². The average Bonchev–Trinajstić information content (AvgIpc) is 2.41. The molecule has 1 saturated heterocycles. The smallest absolute Gasteiger partial charge is 0.133 e. The first-order chi connectivity index (χ1) is 9.13. The van der Waals surface area contributed by atoms with Crippen molar-refractivity contribution in [3.05, 3.63) is 28.2 Å². The minimum Gasteiger partial charge on any atom is -0.496 e. The van der Waals surface area contributed by atoms with Crippen molar-refractivity contribution in [2.75, 3.05) is 20.2 Å². The highest BCUT2D eigenvalue weighted by Gasteiger charge is 2.25. The van der Waals surface area contributed by atoms with Gasteiger partial charge >= 0.3 is 0 Å². The van der Waals surface area contributed by atoms with Crippen LogP contribution >= 0.6 is 15.9 Å². The zero-order valence-corrected chi connectivity index (χ0v) is 13.3. The topological polar surface area (TPSA) is 38.5 Å². The summed E-state index contributed by atoms with van der Waals surface area (Å²) in [5.41, 5.74) is 7.22. The number of hydrogen-bond acceptors (Lipinski definition) is 3. The van der Waals surface area contributed by atoms with Crippen LogP contribution in [0.4, 0.5) is 0 Å². The van der Waals surface area contributed by atoms with Crippen LogP contribution in [-0.4, -0.2) is 31.1 Å². The number of likely N-dealkylation sites (tertiary alicyclic amines) is 1. The van der Waals surface area contributed by atoms with Crippen molar-refractivity contribution in [3.8, 4) is 5.75 Å². The summed E-state index contributed by atoms with van der Waals surface area (Å²) in [6, 6.07) is 6.81. The van der Waals surface area contributed by atoms with Crippen molar-refractivity contribution < 1.29 is 4.74 Å². The summed E-state index contributed by atoms with van der Waals surface area (Å²) < 4.78 is 6.28. The third-order valence-corrected chi connectivity index (χ3v) is 4.59. The van der Waals surface area contributed by atoms with Crippen LogP contribution in [0.1, 0.15) is 25.3 Å². The summed E-state index contributed by atoms with van der Waals surface area (Å²) in [7, 11) is 1.69. The summed E-state index contributed by atoms with van der Waals surface area (Å²) in [5.74, 6) is 1.68. The first-order valence-corrected chi connectivity index (χ1v) is 7.70. The lowest BCUT2D eigenvalue weighted by molar-refractivity contribution is 0.115. The molecule has 1 aromatic rings. The molecule has 0 aliphatic carbocycles. The van der Waals surface area contributed by atoms with Gasteiger partial charge in [0.25, 0.3) is 0 Å². The predicted octanol–water partition coefficient (Wildman–Crippen LogP) is 3.02. The zero-order valence-electron chi connectivity index (χ0n) is 11.7. The van der Waals surface area contributed by atoms with Crippen LogP contribution in [0.25, 0.3) is 0 Å². The minimum atomic E-state index is 0.518. The Morgan fingerprint density at radius 2 is 2.26 bits per heavy atom. The van der Waals surface area contributed by atoms with Gasteiger partial charge in [-0.3, -0.25) is 4.90 Å². The van der Waals surface area contributed by atoms with Gasteiger partial charge in [-0.1, -0.05) is 13.0 Å². The molecule has 0 amide bonds. The van der Waals surface area contributed by atoms with Gasteiger partial charge in [-0.15, -0.1) is 0 Å². The summed E-state index contributed by atoms with van der Waals surface area (Å²) in [4.78, 5) is 2.51. The van der Waals surface area contributed by atoms with Gasteiger partial charge in [-0.05, 0) is 58.9 Å². The van der Waals surface area contributed by atoms with E-state index >= 15 is 0 Å². The molecule has 19 heavy (non-hydrogen) atoms. The van der Waals surface area contributed by atoms with Crippen molar-refractivity contribution in [3.63, 3.8) is 0 Å². The average molecular weight is 327 g/mol. The summed E-state index contributed by atoms with van der Waals surface area (Å²) in [5, 5.41) is 0. The molecule has 0 saturated carbocycles. The number of ether oxygens (including phenoxy) is 1. The Kier molecular flexibility index (Phi) is 5.25. The number of rotatable bonds is 4. The summed E-state index contributed by atoms with van der Waals surface area (Å²) in [6.07, 6.45) is 2.49. The van der Waals surface area contributed by atoms with Gasteiger partial charge in [0.2, 0.25) is 0 Å². The van der Waals surface area contributed by atoms with Crippen LogP contribution < -0.4 is 10.5 Å². The molecule has 0 bridgehead atoms. The maximum absolute atomic E-state index is 5.91. The third kappa shape index (κ3) is 3.71. The van der Waals surface area contributed by atoms with Crippen LogP contribution in [0.15, 0.2) is 22.7 Å². The number of nitrogens with zero attached hydrogens (tertiary/aromatic N) is 1. The second kappa shape index (κ2) is 6.73. The van der Waals surface area contributed by atoms with Crippen LogP contribution in [0, 0.1) is 5.92 Å². The van der Waals surface area contributed by atoms with Crippen LogP contribution in [-0.2, 0) is 6.54 Å². The van der Waals surface area contributed by atoms with Crippen molar-refractivity contribution in [1.29, 1.82) is 0 Å². The van der Waals surface area contributed by atoms with E-state index in [-0.39, 0.29) is 0 Å². The van der Waals surface area contributed by atoms with Gasteiger partial charge in [-0.25, -0.2) is 0 Å². The van der Waals surface area contributed by atoms with Crippen molar-refractivity contribution in [2.45, 2.75) is 32.4 Å². The molecule has 4 heteroatoms. The maximum Gasteiger partial charge on any atom is 0.133 e. The molecule has 0 aromatic heterocycles. The Hall–Kier alpha value is -0.580. The largest absolute Gasteiger partial charge is 0.496 e. The first-order valence-electron chi connectivity index (χ1n) is 6.90. The highest BCUT2D eigenvalue weighted by molar-refractivity contribution is 9.10. The van der Waals surface area contributed by atoms with Crippen molar-refractivity contribution in [1.82, 2.24) is 4.90 Å². The fourth-order valence-electron chi connectivity index (χ4n) is 2.80. The molecule has 2 N–H and O–H groups in total. The van der Waals surface area contributed by atoms with E-state index in [1.807, 2.05) is 6.07 Å². The van der Waals surface area contributed by atoms with E-state index in [0.29, 0.717) is 6.04 Å². The van der Waals surface area contributed by atoms with Gasteiger partial charge in [0.1, 0.15) is 5.75 Å². The quantitative estimate of drug-likeness (QED) is 0.924. The molecule has 0 spiro atoms. The van der Waals surface area contributed by atoms with E-state index in [4.69, 9.17) is 10.5 Å². The Labute approximate surface area is 124 Å². The number of piperidine rings is 1. The van der Waals surface area contributed by atoms with E-state index in [9.17, 15) is 0 Å². The Bertz CT molecular complexity index is 425. The Morgan fingerprint density at radius 1 is 1.47 bits per heavy atom. The SMILES string of the molecule is COc1ccc(CN2CCC(C)CC2CN)cc1Br. The highest BCUT2D eigenvalue weighted by atomic mass is 79.9. The number of hydrogen-bond donors (Lipinski definition) is 1. The Balaban J connectivity index is 2.05. The van der Waals surface area contributed by atoms with E-state index in [0.717, 1.165) is 35.8 Å². The lowest BCUT2D eigenvalue weighted by Crippen LogP contribution is -2.45. The van der Waals surface area contributed by atoms with E-state index in [1.165, 1.54) is 18.4 Å². The van der Waals surface area contributed by atoms with E-state index in [2.05, 4.69) is 39.9 Å². The molecule has 1 aliphatic heterocycles. The predicted molar refractivity (Wildman–Crippen MR) is 82.3 cm³/mol. The van der Waals surface area contributed by atoms with E-state index in [1.54, 1.807) is 7.11 Å².